The SMILES string of the molecule is CC(C)(C)c1ccc2c(-c3cc4ccc5cc(-c6c7ccccc7c(-c7ccccc7)c7cc(C(C)(C)C)ccc67)cc6c5c4c(c3)n6-c3ccccc3)c3ccccc3c(-c3ccccc3)c2c1. The van der Waals surface area contributed by atoms with Gasteiger partial charge in [0.2, 0.25) is 0 Å². The van der Waals surface area contributed by atoms with Crippen LogP contribution in [-0.2, 0) is 10.8 Å². The number of aromatic nitrogens is 1. The number of hydrogen-bond donors (Lipinski definition) is 0. The molecule has 0 atom stereocenters. The zero-order valence-electron chi connectivity index (χ0n) is 40.2. The highest BCUT2D eigenvalue weighted by Crippen LogP contribution is 2.50. The Balaban J connectivity index is 1.14. The van der Waals surface area contributed by atoms with E-state index in [4.69, 9.17) is 0 Å². The fourth-order valence-electron chi connectivity index (χ4n) is 11.7. The highest BCUT2D eigenvalue weighted by atomic mass is 15.0. The van der Waals surface area contributed by atoms with Crippen LogP contribution in [0.25, 0.3) is 126 Å². The first-order valence-corrected chi connectivity index (χ1v) is 24.5. The van der Waals surface area contributed by atoms with Gasteiger partial charge in [-0.1, -0.05) is 205 Å². The molecule has 1 nitrogen and oxygen atoms in total. The smallest absolute Gasteiger partial charge is 0.0553 e. The van der Waals surface area contributed by atoms with E-state index in [9.17, 15) is 0 Å². The molecule has 1 aromatic heterocycles. The summed E-state index contributed by atoms with van der Waals surface area (Å²) < 4.78 is 2.54. The van der Waals surface area contributed by atoms with Crippen molar-refractivity contribution in [2.45, 2.75) is 52.4 Å². The molecule has 13 rings (SSSR count). The number of benzene rings is 12. The van der Waals surface area contributed by atoms with Crippen molar-refractivity contribution in [3.63, 3.8) is 0 Å². The Hall–Kier alpha value is -8.00. The lowest BCUT2D eigenvalue weighted by molar-refractivity contribution is 0.591. The summed E-state index contributed by atoms with van der Waals surface area (Å²) in [5, 5.41) is 15.3. The molecule has 0 spiro atoms. The fraction of sp³-hybridized carbons (Fsp3) is 0.118. The van der Waals surface area contributed by atoms with E-state index < -0.39 is 0 Å². The third-order valence-corrected chi connectivity index (χ3v) is 15.0. The zero-order valence-corrected chi connectivity index (χ0v) is 40.2. The predicted molar refractivity (Wildman–Crippen MR) is 299 cm³/mol. The molecule has 69 heavy (non-hydrogen) atoms. The van der Waals surface area contributed by atoms with Gasteiger partial charge in [0.05, 0.1) is 11.0 Å². The Bertz CT molecular complexity index is 3910. The molecule has 13 aromatic rings. The highest BCUT2D eigenvalue weighted by molar-refractivity contribution is 6.29. The van der Waals surface area contributed by atoms with Crippen LogP contribution in [0, 0.1) is 0 Å². The number of nitrogens with zero attached hydrogens (tertiary/aromatic N) is 1. The van der Waals surface area contributed by atoms with Crippen LogP contribution in [0.3, 0.4) is 0 Å². The van der Waals surface area contributed by atoms with Crippen LogP contribution in [-0.4, -0.2) is 4.57 Å². The summed E-state index contributed by atoms with van der Waals surface area (Å²) in [7, 11) is 0. The Kier molecular flexibility index (Phi) is 9.11. The summed E-state index contributed by atoms with van der Waals surface area (Å²) in [6.07, 6.45) is 0. The van der Waals surface area contributed by atoms with Crippen molar-refractivity contribution in [1.82, 2.24) is 4.57 Å². The van der Waals surface area contributed by atoms with Gasteiger partial charge in [0.1, 0.15) is 0 Å². The third kappa shape index (κ3) is 6.44. The fourth-order valence-corrected chi connectivity index (χ4v) is 11.7. The van der Waals surface area contributed by atoms with Crippen molar-refractivity contribution in [2.24, 2.45) is 0 Å². The molecular weight excluding hydrogens is 831 g/mol. The first-order valence-electron chi connectivity index (χ1n) is 24.5. The molecule has 0 unspecified atom stereocenters. The molecule has 0 fully saturated rings. The molecule has 0 saturated carbocycles. The van der Waals surface area contributed by atoms with Crippen LogP contribution >= 0.6 is 0 Å². The van der Waals surface area contributed by atoms with Gasteiger partial charge >= 0.3 is 0 Å². The minimum absolute atomic E-state index is 0.00705. The largest absolute Gasteiger partial charge is 0.309 e. The molecule has 0 aliphatic heterocycles. The van der Waals surface area contributed by atoms with E-state index in [0.29, 0.717) is 0 Å². The van der Waals surface area contributed by atoms with Crippen molar-refractivity contribution in [3.05, 3.63) is 223 Å². The van der Waals surface area contributed by atoms with E-state index in [1.54, 1.807) is 0 Å². The summed E-state index contributed by atoms with van der Waals surface area (Å²) in [4.78, 5) is 0. The Morgan fingerprint density at radius 1 is 0.275 bits per heavy atom. The second-order valence-electron chi connectivity index (χ2n) is 21.3. The van der Waals surface area contributed by atoms with E-state index in [1.165, 1.54) is 131 Å². The van der Waals surface area contributed by atoms with E-state index in [0.717, 1.165) is 5.69 Å². The van der Waals surface area contributed by atoms with Crippen molar-refractivity contribution in [1.29, 1.82) is 0 Å². The number of rotatable bonds is 5. The van der Waals surface area contributed by atoms with Crippen LogP contribution in [0.5, 0.6) is 0 Å². The van der Waals surface area contributed by atoms with E-state index in [1.807, 2.05) is 0 Å². The molecule has 0 saturated heterocycles. The van der Waals surface area contributed by atoms with Gasteiger partial charge in [0, 0.05) is 16.5 Å². The first-order chi connectivity index (χ1) is 33.5. The van der Waals surface area contributed by atoms with Crippen LogP contribution in [0.2, 0.25) is 0 Å². The molecule has 0 N–H and O–H groups in total. The highest BCUT2D eigenvalue weighted by Gasteiger charge is 2.26. The molecular formula is C68H53N. The summed E-state index contributed by atoms with van der Waals surface area (Å²) in [5.74, 6) is 0. The quantitative estimate of drug-likeness (QED) is 0.120. The molecule has 330 valence electrons. The molecule has 1 heterocycles. The van der Waals surface area contributed by atoms with Crippen molar-refractivity contribution in [3.8, 4) is 50.2 Å². The number of hydrogen-bond acceptors (Lipinski definition) is 0. The molecule has 0 radical (unpaired) electrons. The number of fused-ring (bicyclic) bond motifs is 4. The topological polar surface area (TPSA) is 4.93 Å². The second kappa shape index (κ2) is 15.3. The maximum absolute atomic E-state index is 2.54. The Morgan fingerprint density at radius 2 is 0.609 bits per heavy atom. The van der Waals surface area contributed by atoms with Gasteiger partial charge in [-0.2, -0.15) is 0 Å². The molecule has 0 aliphatic rings. The van der Waals surface area contributed by atoms with Gasteiger partial charge < -0.3 is 4.57 Å². The molecule has 0 bridgehead atoms. The lowest BCUT2D eigenvalue weighted by Crippen LogP contribution is -2.10. The summed E-state index contributed by atoms with van der Waals surface area (Å²) in [6.45, 7) is 13.9. The van der Waals surface area contributed by atoms with E-state index in [2.05, 4.69) is 258 Å². The standard InChI is InChI=1S/C68H53N/c1-67(2,3)48-32-34-55-57(40-48)61(42-20-10-7-11-21-42)51-26-16-18-28-53(51)63(55)46-36-44-30-31-45-37-47(39-60-66(45)65(44)59(38-46)69(60)50-24-14-9-15-25-50)64-54-29-19-17-27-52(54)62(43-22-12-8-13-23-43)58-41-49(68(4,5)6)33-35-56(58)64/h7-41H,1-6H3. The summed E-state index contributed by atoms with van der Waals surface area (Å²) in [6, 6.07) is 80.2. The van der Waals surface area contributed by atoms with Crippen LogP contribution in [0.15, 0.2) is 212 Å². The third-order valence-electron chi connectivity index (χ3n) is 15.0. The molecule has 0 amide bonds. The van der Waals surface area contributed by atoms with Crippen molar-refractivity contribution >= 4 is 75.7 Å². The lowest BCUT2D eigenvalue weighted by Gasteiger charge is -2.23. The summed E-state index contributed by atoms with van der Waals surface area (Å²) in [5.41, 5.74) is 16.3. The van der Waals surface area contributed by atoms with Gasteiger partial charge in [0.15, 0.2) is 0 Å². The molecule has 0 aliphatic carbocycles. The van der Waals surface area contributed by atoms with Crippen LogP contribution in [0.4, 0.5) is 0 Å². The van der Waals surface area contributed by atoms with Gasteiger partial charge in [-0.05, 0) is 169 Å². The molecule has 1 heteroatoms. The summed E-state index contributed by atoms with van der Waals surface area (Å²) >= 11 is 0. The van der Waals surface area contributed by atoms with Crippen LogP contribution < -0.4 is 0 Å². The van der Waals surface area contributed by atoms with Crippen molar-refractivity contribution in [2.75, 3.05) is 0 Å². The van der Waals surface area contributed by atoms with E-state index in [-0.39, 0.29) is 10.8 Å². The van der Waals surface area contributed by atoms with E-state index >= 15 is 0 Å². The lowest BCUT2D eigenvalue weighted by atomic mass is 9.81. The number of para-hydroxylation sites is 1. The molecule has 12 aromatic carbocycles. The average molecular weight is 884 g/mol. The minimum atomic E-state index is -0.00705. The zero-order chi connectivity index (χ0) is 46.8. The predicted octanol–water partition coefficient (Wildman–Crippen LogP) is 19.3. The minimum Gasteiger partial charge on any atom is -0.309 e. The average Bonchev–Trinajstić information content (AvgIpc) is 3.70. The van der Waals surface area contributed by atoms with Gasteiger partial charge in [0.25, 0.3) is 0 Å². The van der Waals surface area contributed by atoms with Gasteiger partial charge in [-0.25, -0.2) is 0 Å². The van der Waals surface area contributed by atoms with Crippen LogP contribution in [0.1, 0.15) is 52.7 Å². The normalized spacial score (nSPS) is 12.5. The van der Waals surface area contributed by atoms with Gasteiger partial charge in [-0.15, -0.1) is 0 Å². The van der Waals surface area contributed by atoms with Crippen molar-refractivity contribution < 1.29 is 0 Å². The second-order valence-corrected chi connectivity index (χ2v) is 21.3. The Labute approximate surface area is 404 Å². The first kappa shape index (κ1) is 41.2. The maximum atomic E-state index is 2.54. The monoisotopic (exact) mass is 883 g/mol. The Morgan fingerprint density at radius 3 is 0.986 bits per heavy atom. The maximum Gasteiger partial charge on any atom is 0.0553 e. The van der Waals surface area contributed by atoms with Gasteiger partial charge in [-0.3, -0.25) is 0 Å².